The summed E-state index contributed by atoms with van der Waals surface area (Å²) >= 11 is 0. The van der Waals surface area contributed by atoms with Crippen molar-refractivity contribution < 1.29 is 14.7 Å². The predicted octanol–water partition coefficient (Wildman–Crippen LogP) is 4.14. The van der Waals surface area contributed by atoms with Gasteiger partial charge in [-0.15, -0.1) is 0 Å². The Balaban J connectivity index is 1.67. The molecule has 0 aliphatic heterocycles. The number of nitrogens with one attached hydrogen (secondary N) is 1. The highest BCUT2D eigenvalue weighted by atomic mass is 16.4. The largest absolute Gasteiger partial charge is 0.480 e. The van der Waals surface area contributed by atoms with Crippen LogP contribution in [-0.4, -0.2) is 22.5 Å². The van der Waals surface area contributed by atoms with Gasteiger partial charge in [-0.2, -0.15) is 0 Å². The molecule has 27 heavy (non-hydrogen) atoms. The van der Waals surface area contributed by atoms with E-state index < -0.39 is 11.5 Å². The van der Waals surface area contributed by atoms with Gasteiger partial charge in [-0.3, -0.25) is 4.79 Å². The minimum absolute atomic E-state index is 0.212. The zero-order valence-corrected chi connectivity index (χ0v) is 16.0. The molecule has 1 aliphatic carbocycles. The normalized spacial score (nSPS) is 22.2. The summed E-state index contributed by atoms with van der Waals surface area (Å²) in [6.07, 6.45) is 2.66. The molecule has 142 valence electrons. The Hall–Kier alpha value is -2.62. The monoisotopic (exact) mass is 365 g/mol. The highest BCUT2D eigenvalue weighted by Crippen LogP contribution is 2.38. The standard InChI is InChI=1S/C23H27NO3/c1-16-8-9-20(17(2)14-16)15-21(25)24-23(22(26)27)12-10-19(11-13-23)18-6-4-3-5-7-18/h3-9,14,19H,10-13,15H2,1-2H3,(H,24,25)(H,26,27). The van der Waals surface area contributed by atoms with Crippen LogP contribution in [0.4, 0.5) is 0 Å². The van der Waals surface area contributed by atoms with Gasteiger partial charge in [-0.1, -0.05) is 54.1 Å². The van der Waals surface area contributed by atoms with Crippen molar-refractivity contribution in [3.8, 4) is 0 Å². The number of hydrogen-bond donors (Lipinski definition) is 2. The van der Waals surface area contributed by atoms with Crippen molar-refractivity contribution in [1.82, 2.24) is 5.32 Å². The first-order valence-corrected chi connectivity index (χ1v) is 9.55. The molecule has 2 aromatic rings. The van der Waals surface area contributed by atoms with Crippen LogP contribution in [0.2, 0.25) is 0 Å². The maximum atomic E-state index is 12.6. The maximum absolute atomic E-state index is 12.6. The molecule has 1 amide bonds. The van der Waals surface area contributed by atoms with E-state index >= 15 is 0 Å². The van der Waals surface area contributed by atoms with Crippen LogP contribution in [-0.2, 0) is 16.0 Å². The van der Waals surface area contributed by atoms with Crippen molar-refractivity contribution in [3.63, 3.8) is 0 Å². The number of carbonyl (C=O) groups excluding carboxylic acids is 1. The lowest BCUT2D eigenvalue weighted by Gasteiger charge is -2.37. The Kier molecular flexibility index (Phi) is 5.64. The summed E-state index contributed by atoms with van der Waals surface area (Å²) in [4.78, 5) is 24.6. The van der Waals surface area contributed by atoms with Gasteiger partial charge in [-0.25, -0.2) is 4.79 Å². The van der Waals surface area contributed by atoms with E-state index in [0.717, 1.165) is 29.5 Å². The van der Waals surface area contributed by atoms with Gasteiger partial charge in [0.15, 0.2) is 0 Å². The molecule has 4 nitrogen and oxygen atoms in total. The lowest BCUT2D eigenvalue weighted by Crippen LogP contribution is -2.56. The molecule has 3 rings (SSSR count). The predicted molar refractivity (Wildman–Crippen MR) is 106 cm³/mol. The van der Waals surface area contributed by atoms with Crippen molar-refractivity contribution >= 4 is 11.9 Å². The van der Waals surface area contributed by atoms with E-state index in [2.05, 4.69) is 17.4 Å². The van der Waals surface area contributed by atoms with Gasteiger partial charge in [0.05, 0.1) is 6.42 Å². The number of amides is 1. The van der Waals surface area contributed by atoms with Crippen molar-refractivity contribution in [3.05, 3.63) is 70.8 Å². The first-order valence-electron chi connectivity index (χ1n) is 9.55. The van der Waals surface area contributed by atoms with Crippen LogP contribution in [0.15, 0.2) is 48.5 Å². The van der Waals surface area contributed by atoms with E-state index in [4.69, 9.17) is 0 Å². The summed E-state index contributed by atoms with van der Waals surface area (Å²) in [5, 5.41) is 12.7. The Bertz CT molecular complexity index is 821. The van der Waals surface area contributed by atoms with Gasteiger partial charge >= 0.3 is 5.97 Å². The van der Waals surface area contributed by atoms with Crippen molar-refractivity contribution in [1.29, 1.82) is 0 Å². The molecule has 0 heterocycles. The average molecular weight is 365 g/mol. The minimum Gasteiger partial charge on any atom is -0.480 e. The van der Waals surface area contributed by atoms with Crippen LogP contribution in [0.3, 0.4) is 0 Å². The molecule has 0 saturated heterocycles. The van der Waals surface area contributed by atoms with Crippen LogP contribution in [0.25, 0.3) is 0 Å². The molecule has 0 radical (unpaired) electrons. The fourth-order valence-electron chi connectivity index (χ4n) is 4.09. The molecule has 1 fully saturated rings. The summed E-state index contributed by atoms with van der Waals surface area (Å²) in [6, 6.07) is 16.2. The lowest BCUT2D eigenvalue weighted by molar-refractivity contribution is -0.149. The van der Waals surface area contributed by atoms with Crippen LogP contribution in [0.5, 0.6) is 0 Å². The number of aryl methyl sites for hydroxylation is 2. The van der Waals surface area contributed by atoms with Crippen LogP contribution < -0.4 is 5.32 Å². The van der Waals surface area contributed by atoms with Gasteiger partial charge in [0.2, 0.25) is 5.91 Å². The molecular formula is C23H27NO3. The van der Waals surface area contributed by atoms with E-state index in [0.29, 0.717) is 18.8 Å². The summed E-state index contributed by atoms with van der Waals surface area (Å²) in [5.41, 5.74) is 3.25. The van der Waals surface area contributed by atoms with Crippen molar-refractivity contribution in [2.24, 2.45) is 0 Å². The second-order valence-electron chi connectivity index (χ2n) is 7.73. The first-order chi connectivity index (χ1) is 12.9. The molecule has 2 N–H and O–H groups in total. The number of benzene rings is 2. The number of carbonyl (C=O) groups is 2. The summed E-state index contributed by atoms with van der Waals surface area (Å²) < 4.78 is 0. The molecule has 1 saturated carbocycles. The molecular weight excluding hydrogens is 338 g/mol. The smallest absolute Gasteiger partial charge is 0.329 e. The van der Waals surface area contributed by atoms with Gasteiger partial charge in [0.1, 0.15) is 5.54 Å². The van der Waals surface area contributed by atoms with Crippen molar-refractivity contribution in [2.75, 3.05) is 0 Å². The fourth-order valence-corrected chi connectivity index (χ4v) is 4.09. The molecule has 4 heteroatoms. The third kappa shape index (κ3) is 4.38. The zero-order chi connectivity index (χ0) is 19.4. The second kappa shape index (κ2) is 7.95. The Morgan fingerprint density at radius 3 is 2.33 bits per heavy atom. The van der Waals surface area contributed by atoms with Crippen LogP contribution in [0.1, 0.15) is 53.9 Å². The van der Waals surface area contributed by atoms with E-state index in [9.17, 15) is 14.7 Å². The number of carboxylic acids is 1. The summed E-state index contributed by atoms with van der Waals surface area (Å²) in [7, 11) is 0. The van der Waals surface area contributed by atoms with E-state index in [1.807, 2.05) is 50.2 Å². The second-order valence-corrected chi connectivity index (χ2v) is 7.73. The highest BCUT2D eigenvalue weighted by Gasteiger charge is 2.43. The topological polar surface area (TPSA) is 66.4 Å². The summed E-state index contributed by atoms with van der Waals surface area (Å²) in [6.45, 7) is 4.00. The summed E-state index contributed by atoms with van der Waals surface area (Å²) in [5.74, 6) is -0.791. The molecule has 0 spiro atoms. The van der Waals surface area contributed by atoms with E-state index in [1.54, 1.807) is 0 Å². The zero-order valence-electron chi connectivity index (χ0n) is 16.0. The SMILES string of the molecule is Cc1ccc(CC(=O)NC2(C(=O)O)CCC(c3ccccc3)CC2)c(C)c1. The van der Waals surface area contributed by atoms with Gasteiger partial charge in [0, 0.05) is 0 Å². The molecule has 0 unspecified atom stereocenters. The Morgan fingerprint density at radius 2 is 1.74 bits per heavy atom. The van der Waals surface area contributed by atoms with Gasteiger partial charge < -0.3 is 10.4 Å². The molecule has 0 bridgehead atoms. The highest BCUT2D eigenvalue weighted by molar-refractivity contribution is 5.88. The molecule has 0 aromatic heterocycles. The number of aliphatic carboxylic acids is 1. The Labute approximate surface area is 160 Å². The van der Waals surface area contributed by atoms with Crippen LogP contribution in [0, 0.1) is 13.8 Å². The fraction of sp³-hybridized carbons (Fsp3) is 0.391. The lowest BCUT2D eigenvalue weighted by atomic mass is 9.74. The quantitative estimate of drug-likeness (QED) is 0.837. The van der Waals surface area contributed by atoms with E-state index in [1.165, 1.54) is 5.56 Å². The third-order valence-electron chi connectivity index (χ3n) is 5.75. The Morgan fingerprint density at radius 1 is 1.07 bits per heavy atom. The number of carboxylic acid groups (broad SMARTS) is 1. The maximum Gasteiger partial charge on any atom is 0.329 e. The van der Waals surface area contributed by atoms with Crippen molar-refractivity contribution in [2.45, 2.75) is 57.4 Å². The number of hydrogen-bond acceptors (Lipinski definition) is 2. The van der Waals surface area contributed by atoms with Gasteiger partial charge in [0.25, 0.3) is 0 Å². The minimum atomic E-state index is -1.15. The molecule has 0 atom stereocenters. The molecule has 2 aromatic carbocycles. The van der Waals surface area contributed by atoms with Gasteiger partial charge in [-0.05, 0) is 62.1 Å². The van der Waals surface area contributed by atoms with Crippen LogP contribution >= 0.6 is 0 Å². The average Bonchev–Trinajstić information content (AvgIpc) is 2.65. The van der Waals surface area contributed by atoms with E-state index in [-0.39, 0.29) is 12.3 Å². The third-order valence-corrected chi connectivity index (χ3v) is 5.75. The number of rotatable bonds is 5. The first kappa shape index (κ1) is 19.2. The molecule has 1 aliphatic rings.